The van der Waals surface area contributed by atoms with E-state index in [-0.39, 0.29) is 23.5 Å². The van der Waals surface area contributed by atoms with Crippen molar-refractivity contribution >= 4 is 36.7 Å². The van der Waals surface area contributed by atoms with Crippen molar-refractivity contribution < 1.29 is 14.0 Å². The maximum absolute atomic E-state index is 13.0. The molecule has 0 saturated heterocycles. The van der Waals surface area contributed by atoms with Crippen molar-refractivity contribution in [2.45, 2.75) is 85.2 Å². The van der Waals surface area contributed by atoms with Gasteiger partial charge in [0, 0.05) is 5.92 Å². The maximum atomic E-state index is 13.0. The van der Waals surface area contributed by atoms with Crippen molar-refractivity contribution in [1.82, 2.24) is 5.32 Å². The van der Waals surface area contributed by atoms with Crippen LogP contribution >= 0.6 is 0 Å². The number of nitrogens with one attached hydrogen (secondary N) is 1. The van der Waals surface area contributed by atoms with Gasteiger partial charge in [-0.05, 0) is 84.8 Å². The highest BCUT2D eigenvalue weighted by Crippen LogP contribution is 2.33. The maximum Gasteiger partial charge on any atom is 0.408 e. The summed E-state index contributed by atoms with van der Waals surface area (Å²) in [5.41, 5.74) is 1.80. The number of ether oxygens (including phenoxy) is 1. The lowest BCUT2D eigenvalue weighted by atomic mass is 9.78. The summed E-state index contributed by atoms with van der Waals surface area (Å²) in [6.07, 6.45) is 5.57. The van der Waals surface area contributed by atoms with E-state index in [0.29, 0.717) is 6.42 Å². The minimum Gasteiger partial charge on any atom is -0.444 e. The van der Waals surface area contributed by atoms with Crippen LogP contribution in [-0.4, -0.2) is 32.9 Å². The highest BCUT2D eigenvalue weighted by atomic mass is 28.3. The van der Waals surface area contributed by atoms with Crippen LogP contribution in [0.15, 0.2) is 97.1 Å². The highest BCUT2D eigenvalue weighted by Gasteiger charge is 2.33. The van der Waals surface area contributed by atoms with E-state index in [0.717, 1.165) is 12.0 Å². The smallest absolute Gasteiger partial charge is 0.408 e. The number of hydrogen-bond donors (Lipinski definition) is 1. The van der Waals surface area contributed by atoms with Gasteiger partial charge in [0.1, 0.15) is 5.60 Å². The molecule has 4 nitrogen and oxygen atoms in total. The lowest BCUT2D eigenvalue weighted by Crippen LogP contribution is -2.41. The molecule has 0 aliphatic carbocycles. The minimum atomic E-state index is -1.33. The topological polar surface area (TPSA) is 47.6 Å². The van der Waals surface area contributed by atoms with Crippen molar-refractivity contribution in [3.8, 4) is 0 Å². The Balaban J connectivity index is 1.68. The molecule has 0 heterocycles. The predicted octanol–water partition coefficient (Wildman–Crippen LogP) is 9.26. The molecule has 0 aliphatic rings. The molecule has 0 aromatic heterocycles. The summed E-state index contributed by atoms with van der Waals surface area (Å²) in [4.78, 5) is 13.0. The number of benzene rings is 4. The largest absolute Gasteiger partial charge is 0.444 e. The second-order valence-electron chi connectivity index (χ2n) is 14.0. The molecule has 2 unspecified atom stereocenters. The Morgan fingerprint density at radius 3 is 1.74 bits per heavy atom. The molecule has 5 heteroatoms. The summed E-state index contributed by atoms with van der Waals surface area (Å²) < 4.78 is 12.4. The zero-order chi connectivity index (χ0) is 31.2. The normalized spacial score (nSPS) is 14.7. The first-order valence-electron chi connectivity index (χ1n) is 15.6. The number of amides is 1. The molecular formula is C38H49NO3Si. The van der Waals surface area contributed by atoms with Crippen LogP contribution in [-0.2, 0) is 22.0 Å². The van der Waals surface area contributed by atoms with Crippen LogP contribution in [0.1, 0.15) is 52.7 Å². The van der Waals surface area contributed by atoms with Gasteiger partial charge < -0.3 is 14.5 Å². The van der Waals surface area contributed by atoms with Gasteiger partial charge in [0.2, 0.25) is 0 Å². The molecule has 1 N–H and O–H groups in total. The standard InChI is InChI=1S/C38H49NO3Si/c1-37(2,3)35(42-43(7)8)33(25-27-17-19-29-13-9-11-15-31(29)23-27)21-22-34(39-36(40)41-38(4,5)6)26-28-18-20-30-14-10-12-16-32(30)24-28/h9-24,33-35,43H,25-26H2,1-8H3,(H,39,40)/t33?,34-,35?/m0/s1. The molecule has 0 bridgehead atoms. The molecule has 1 amide bonds. The van der Waals surface area contributed by atoms with Crippen molar-refractivity contribution in [1.29, 1.82) is 0 Å². The van der Waals surface area contributed by atoms with E-state index in [9.17, 15) is 4.79 Å². The van der Waals surface area contributed by atoms with E-state index >= 15 is 0 Å². The van der Waals surface area contributed by atoms with E-state index < -0.39 is 20.7 Å². The third-order valence-electron chi connectivity index (χ3n) is 7.51. The fourth-order valence-corrected chi connectivity index (χ4v) is 6.87. The van der Waals surface area contributed by atoms with Gasteiger partial charge in [-0.3, -0.25) is 0 Å². The van der Waals surface area contributed by atoms with Crippen LogP contribution in [0.4, 0.5) is 4.79 Å². The molecule has 0 spiro atoms. The van der Waals surface area contributed by atoms with Gasteiger partial charge in [-0.25, -0.2) is 4.79 Å². The monoisotopic (exact) mass is 595 g/mol. The number of rotatable bonds is 10. The average Bonchev–Trinajstić information content (AvgIpc) is 2.92. The number of hydrogen-bond acceptors (Lipinski definition) is 3. The van der Waals surface area contributed by atoms with Gasteiger partial charge in [-0.2, -0.15) is 0 Å². The molecule has 4 rings (SSSR count). The third-order valence-corrected chi connectivity index (χ3v) is 8.35. The molecule has 0 aliphatic heterocycles. The molecular weight excluding hydrogens is 547 g/mol. The first kappa shape index (κ1) is 32.5. The summed E-state index contributed by atoms with van der Waals surface area (Å²) in [6.45, 7) is 16.9. The van der Waals surface area contributed by atoms with E-state index in [1.807, 2.05) is 20.8 Å². The Bertz CT molecular complexity index is 1550. The molecule has 3 atom stereocenters. The Morgan fingerprint density at radius 1 is 0.744 bits per heavy atom. The van der Waals surface area contributed by atoms with Crippen molar-refractivity contribution in [2.24, 2.45) is 11.3 Å². The Kier molecular flexibility index (Phi) is 10.5. The fraction of sp³-hybridized carbons (Fsp3) is 0.395. The van der Waals surface area contributed by atoms with Crippen molar-refractivity contribution in [3.05, 3.63) is 108 Å². The van der Waals surface area contributed by atoms with Crippen LogP contribution in [0.3, 0.4) is 0 Å². The third kappa shape index (κ3) is 9.80. The highest BCUT2D eigenvalue weighted by molar-refractivity contribution is 6.48. The van der Waals surface area contributed by atoms with Gasteiger partial charge >= 0.3 is 6.09 Å². The van der Waals surface area contributed by atoms with Crippen LogP contribution in [0.5, 0.6) is 0 Å². The van der Waals surface area contributed by atoms with Gasteiger partial charge in [0.25, 0.3) is 0 Å². The Hall–Kier alpha value is -3.41. The number of carbonyl (C=O) groups excluding carboxylic acids is 1. The van der Waals surface area contributed by atoms with Crippen LogP contribution in [0, 0.1) is 11.3 Å². The van der Waals surface area contributed by atoms with Gasteiger partial charge in [0.15, 0.2) is 9.04 Å². The zero-order valence-electron chi connectivity index (χ0n) is 27.2. The quantitative estimate of drug-likeness (QED) is 0.147. The number of carbonyl (C=O) groups is 1. The summed E-state index contributed by atoms with van der Waals surface area (Å²) >= 11 is 0. The summed E-state index contributed by atoms with van der Waals surface area (Å²) in [6, 6.07) is 29.9. The van der Waals surface area contributed by atoms with E-state index in [1.54, 1.807) is 0 Å². The molecule has 228 valence electrons. The molecule has 0 fully saturated rings. The van der Waals surface area contributed by atoms with Gasteiger partial charge in [-0.1, -0.05) is 118 Å². The van der Waals surface area contributed by atoms with Crippen LogP contribution in [0.2, 0.25) is 13.1 Å². The lowest BCUT2D eigenvalue weighted by molar-refractivity contribution is 0.0491. The molecule has 0 saturated carbocycles. The number of fused-ring (bicyclic) bond motifs is 2. The second-order valence-corrected chi connectivity index (χ2v) is 16.4. The average molecular weight is 596 g/mol. The molecule has 0 radical (unpaired) electrons. The van der Waals surface area contributed by atoms with E-state index in [4.69, 9.17) is 9.16 Å². The summed E-state index contributed by atoms with van der Waals surface area (Å²) in [5.74, 6) is 0.121. The van der Waals surface area contributed by atoms with Crippen LogP contribution < -0.4 is 5.32 Å². The first-order chi connectivity index (χ1) is 20.3. The molecule has 43 heavy (non-hydrogen) atoms. The molecule has 4 aromatic carbocycles. The minimum absolute atomic E-state index is 0.0322. The fourth-order valence-electron chi connectivity index (χ4n) is 5.68. The predicted molar refractivity (Wildman–Crippen MR) is 184 cm³/mol. The van der Waals surface area contributed by atoms with E-state index in [1.165, 1.54) is 27.1 Å². The Labute approximate surface area is 260 Å². The van der Waals surface area contributed by atoms with Gasteiger partial charge in [-0.15, -0.1) is 0 Å². The van der Waals surface area contributed by atoms with Crippen molar-refractivity contribution in [2.75, 3.05) is 0 Å². The number of alkyl carbamates (subject to hydrolysis) is 1. The summed E-state index contributed by atoms with van der Waals surface area (Å²) in [7, 11) is -1.33. The van der Waals surface area contributed by atoms with Gasteiger partial charge in [0.05, 0.1) is 12.1 Å². The lowest BCUT2D eigenvalue weighted by Gasteiger charge is -2.38. The second kappa shape index (κ2) is 13.9. The SMILES string of the molecule is C[SiH](C)OC(C(C=C[C@@H](Cc1ccc2ccccc2c1)NC(=O)OC(C)(C)C)Cc1ccc2ccccc2c1)C(C)(C)C. The molecule has 4 aromatic rings. The summed E-state index contributed by atoms with van der Waals surface area (Å²) in [5, 5.41) is 8.04. The van der Waals surface area contributed by atoms with Crippen molar-refractivity contribution in [3.63, 3.8) is 0 Å². The van der Waals surface area contributed by atoms with E-state index in [2.05, 4.69) is 136 Å². The van der Waals surface area contributed by atoms with Crippen LogP contribution in [0.25, 0.3) is 21.5 Å². The Morgan fingerprint density at radius 2 is 1.26 bits per heavy atom. The zero-order valence-corrected chi connectivity index (χ0v) is 28.3. The first-order valence-corrected chi connectivity index (χ1v) is 18.3.